The highest BCUT2D eigenvalue weighted by molar-refractivity contribution is 5.79. The van der Waals surface area contributed by atoms with E-state index < -0.39 is 0 Å². The van der Waals surface area contributed by atoms with Crippen LogP contribution in [0.2, 0.25) is 0 Å². The highest BCUT2D eigenvalue weighted by Crippen LogP contribution is 2.26. The van der Waals surface area contributed by atoms with Crippen LogP contribution in [0.4, 0.5) is 0 Å². The first-order valence-corrected chi connectivity index (χ1v) is 8.23. The summed E-state index contributed by atoms with van der Waals surface area (Å²) >= 11 is 0. The van der Waals surface area contributed by atoms with E-state index in [1.54, 1.807) is 0 Å². The van der Waals surface area contributed by atoms with Crippen LogP contribution in [0.25, 0.3) is 0 Å². The van der Waals surface area contributed by atoms with Gasteiger partial charge in [-0.15, -0.1) is 0 Å². The first kappa shape index (κ1) is 15.8. The molecule has 20 heavy (non-hydrogen) atoms. The molecule has 2 rings (SSSR count). The molecule has 2 unspecified atom stereocenters. The zero-order valence-corrected chi connectivity index (χ0v) is 13.2. The van der Waals surface area contributed by atoms with E-state index in [2.05, 4.69) is 19.2 Å². The van der Waals surface area contributed by atoms with Crippen LogP contribution in [0.15, 0.2) is 0 Å². The summed E-state index contributed by atoms with van der Waals surface area (Å²) in [5.41, 5.74) is 0. The van der Waals surface area contributed by atoms with Crippen LogP contribution in [0, 0.1) is 5.92 Å². The summed E-state index contributed by atoms with van der Waals surface area (Å²) in [6.07, 6.45) is 6.97. The molecular formula is C16H30N2O2. The Hall–Kier alpha value is -0.610. The predicted molar refractivity (Wildman–Crippen MR) is 80.6 cm³/mol. The maximum Gasteiger partial charge on any atom is 0.228 e. The van der Waals surface area contributed by atoms with Gasteiger partial charge in [0.05, 0.1) is 18.6 Å². The number of nitrogens with one attached hydrogen (secondary N) is 1. The van der Waals surface area contributed by atoms with Crippen LogP contribution in [-0.4, -0.2) is 49.2 Å². The van der Waals surface area contributed by atoms with Gasteiger partial charge in [0.1, 0.15) is 0 Å². The molecule has 1 saturated carbocycles. The summed E-state index contributed by atoms with van der Waals surface area (Å²) in [4.78, 5) is 14.5. The molecular weight excluding hydrogens is 252 g/mol. The number of amides is 1. The molecule has 0 bridgehead atoms. The van der Waals surface area contributed by atoms with Crippen molar-refractivity contribution in [1.82, 2.24) is 10.2 Å². The Morgan fingerprint density at radius 3 is 2.55 bits per heavy atom. The standard InChI is InChI=1S/C16H30N2O2/c1-4-9-17-14-5-7-15(8-6-14)18(3)16(19)13-10-12(2)20-11-13/h12-15,17H,4-11H2,1-3H3. The molecule has 2 atom stereocenters. The lowest BCUT2D eigenvalue weighted by Gasteiger charge is -2.36. The second kappa shape index (κ2) is 7.41. The van der Waals surface area contributed by atoms with Gasteiger partial charge in [-0.1, -0.05) is 6.92 Å². The van der Waals surface area contributed by atoms with Gasteiger partial charge < -0.3 is 15.0 Å². The highest BCUT2D eigenvalue weighted by atomic mass is 16.5. The summed E-state index contributed by atoms with van der Waals surface area (Å²) in [6, 6.07) is 1.09. The SMILES string of the molecule is CCCNC1CCC(N(C)C(=O)C2COC(C)C2)CC1. The molecule has 2 fully saturated rings. The van der Waals surface area contributed by atoms with E-state index in [1.807, 2.05) is 11.9 Å². The minimum absolute atomic E-state index is 0.0888. The van der Waals surface area contributed by atoms with Crippen molar-refractivity contribution >= 4 is 5.91 Å². The van der Waals surface area contributed by atoms with Gasteiger partial charge >= 0.3 is 0 Å². The summed E-state index contributed by atoms with van der Waals surface area (Å²) in [5.74, 6) is 0.380. The summed E-state index contributed by atoms with van der Waals surface area (Å²) < 4.78 is 5.53. The molecule has 4 nitrogen and oxygen atoms in total. The van der Waals surface area contributed by atoms with Gasteiger partial charge in [0.25, 0.3) is 0 Å². The van der Waals surface area contributed by atoms with Crippen molar-refractivity contribution in [2.24, 2.45) is 5.92 Å². The van der Waals surface area contributed by atoms with Crippen molar-refractivity contribution in [2.45, 2.75) is 70.6 Å². The van der Waals surface area contributed by atoms with Crippen molar-refractivity contribution < 1.29 is 9.53 Å². The van der Waals surface area contributed by atoms with Crippen molar-refractivity contribution in [3.05, 3.63) is 0 Å². The van der Waals surface area contributed by atoms with Gasteiger partial charge in [0.15, 0.2) is 0 Å². The maximum atomic E-state index is 12.5. The molecule has 1 aliphatic carbocycles. The molecule has 0 spiro atoms. The first-order valence-electron chi connectivity index (χ1n) is 8.23. The molecule has 1 heterocycles. The Morgan fingerprint density at radius 2 is 2.00 bits per heavy atom. The molecule has 0 aromatic rings. The molecule has 1 aliphatic heterocycles. The van der Waals surface area contributed by atoms with Crippen LogP contribution in [0.5, 0.6) is 0 Å². The van der Waals surface area contributed by atoms with E-state index in [9.17, 15) is 4.79 Å². The average Bonchev–Trinajstić information content (AvgIpc) is 2.90. The van der Waals surface area contributed by atoms with Crippen LogP contribution in [-0.2, 0) is 9.53 Å². The van der Waals surface area contributed by atoms with E-state index in [0.717, 1.165) is 25.8 Å². The largest absolute Gasteiger partial charge is 0.378 e. The lowest BCUT2D eigenvalue weighted by molar-refractivity contribution is -0.137. The van der Waals surface area contributed by atoms with Gasteiger partial charge in [-0.3, -0.25) is 4.79 Å². The fourth-order valence-corrected chi connectivity index (χ4v) is 3.47. The third kappa shape index (κ3) is 3.95. The molecule has 4 heteroatoms. The molecule has 2 aliphatic rings. The zero-order valence-electron chi connectivity index (χ0n) is 13.2. The Morgan fingerprint density at radius 1 is 1.30 bits per heavy atom. The quantitative estimate of drug-likeness (QED) is 0.840. The Kier molecular flexibility index (Phi) is 5.85. The van der Waals surface area contributed by atoms with E-state index in [-0.39, 0.29) is 12.0 Å². The smallest absolute Gasteiger partial charge is 0.228 e. The van der Waals surface area contributed by atoms with Gasteiger partial charge in [-0.25, -0.2) is 0 Å². The van der Waals surface area contributed by atoms with Crippen LogP contribution in [0.3, 0.4) is 0 Å². The molecule has 0 aromatic heterocycles. The Labute approximate surface area is 123 Å². The predicted octanol–water partition coefficient (Wildman–Crippen LogP) is 2.18. The number of carbonyl (C=O) groups excluding carboxylic acids is 1. The molecule has 116 valence electrons. The van der Waals surface area contributed by atoms with Gasteiger partial charge in [0, 0.05) is 19.1 Å². The van der Waals surface area contributed by atoms with Crippen molar-refractivity contribution in [3.63, 3.8) is 0 Å². The minimum atomic E-state index is 0.0888. The number of ether oxygens (including phenoxy) is 1. The summed E-state index contributed by atoms with van der Waals surface area (Å²) in [6.45, 7) is 5.98. The topological polar surface area (TPSA) is 41.6 Å². The molecule has 0 aromatic carbocycles. The molecule has 1 N–H and O–H groups in total. The van der Waals surface area contributed by atoms with Crippen molar-refractivity contribution in [3.8, 4) is 0 Å². The van der Waals surface area contributed by atoms with Crippen molar-refractivity contribution in [1.29, 1.82) is 0 Å². The lowest BCUT2D eigenvalue weighted by Crippen LogP contribution is -2.45. The van der Waals surface area contributed by atoms with Crippen LogP contribution >= 0.6 is 0 Å². The number of hydrogen-bond acceptors (Lipinski definition) is 3. The van der Waals surface area contributed by atoms with Gasteiger partial charge in [-0.2, -0.15) is 0 Å². The van der Waals surface area contributed by atoms with Crippen LogP contribution in [0.1, 0.15) is 52.4 Å². The van der Waals surface area contributed by atoms with Crippen molar-refractivity contribution in [2.75, 3.05) is 20.2 Å². The van der Waals surface area contributed by atoms with E-state index >= 15 is 0 Å². The second-order valence-electron chi connectivity index (χ2n) is 6.49. The van der Waals surface area contributed by atoms with E-state index in [1.165, 1.54) is 19.3 Å². The average molecular weight is 282 g/mol. The second-order valence-corrected chi connectivity index (χ2v) is 6.49. The van der Waals surface area contributed by atoms with E-state index in [4.69, 9.17) is 4.74 Å². The molecule has 1 amide bonds. The monoisotopic (exact) mass is 282 g/mol. The fraction of sp³-hybridized carbons (Fsp3) is 0.938. The molecule has 1 saturated heterocycles. The van der Waals surface area contributed by atoms with Gasteiger partial charge in [0.2, 0.25) is 5.91 Å². The third-order valence-corrected chi connectivity index (χ3v) is 4.82. The number of nitrogens with zero attached hydrogens (tertiary/aromatic N) is 1. The summed E-state index contributed by atoms with van der Waals surface area (Å²) in [7, 11) is 1.98. The summed E-state index contributed by atoms with van der Waals surface area (Å²) in [5, 5.41) is 3.60. The first-order chi connectivity index (χ1) is 9.61. The fourth-order valence-electron chi connectivity index (χ4n) is 3.47. The number of hydrogen-bond donors (Lipinski definition) is 1. The normalized spacial score (nSPS) is 34.1. The highest BCUT2D eigenvalue weighted by Gasteiger charge is 2.34. The lowest BCUT2D eigenvalue weighted by atomic mass is 9.89. The third-order valence-electron chi connectivity index (χ3n) is 4.82. The zero-order chi connectivity index (χ0) is 14.5. The minimum Gasteiger partial charge on any atom is -0.378 e. The number of rotatable bonds is 5. The van der Waals surface area contributed by atoms with E-state index in [0.29, 0.717) is 24.6 Å². The Balaban J connectivity index is 1.76. The Bertz CT molecular complexity index is 314. The number of carbonyl (C=O) groups is 1. The van der Waals surface area contributed by atoms with Gasteiger partial charge in [-0.05, 0) is 52.0 Å². The molecule has 0 radical (unpaired) electrons. The van der Waals surface area contributed by atoms with Crippen LogP contribution < -0.4 is 5.32 Å². The maximum absolute atomic E-state index is 12.5.